The van der Waals surface area contributed by atoms with Gasteiger partial charge in [0.1, 0.15) is 0 Å². The van der Waals surface area contributed by atoms with Crippen LogP contribution in [0.4, 0.5) is 0 Å². The van der Waals surface area contributed by atoms with Crippen LogP contribution in [-0.4, -0.2) is 0 Å². The van der Waals surface area contributed by atoms with Crippen molar-refractivity contribution >= 4 is 0 Å². The van der Waals surface area contributed by atoms with Gasteiger partial charge < -0.3 is 0 Å². The quantitative estimate of drug-likeness (QED) is 0.552. The molecule has 0 aromatic heterocycles. The molecule has 2 rings (SSSR count). The van der Waals surface area contributed by atoms with Crippen molar-refractivity contribution < 1.29 is 26.1 Å². The summed E-state index contributed by atoms with van der Waals surface area (Å²) in [4.78, 5) is 0. The second-order valence-corrected chi connectivity index (χ2v) is 6.12. The van der Waals surface area contributed by atoms with Crippen molar-refractivity contribution in [1.82, 2.24) is 0 Å². The minimum absolute atomic E-state index is 0.808. The molecule has 0 saturated heterocycles. The van der Waals surface area contributed by atoms with Crippen molar-refractivity contribution in [2.45, 2.75) is 12.8 Å². The molecule has 0 amide bonds. The number of allylic oxidation sites excluding steroid dienone is 2. The standard InChI is InChI=1S/2C9H10O.W/c2*1-2-5-8-6-3-4-7-9(8)10;/h2*2-4,6-7,10H,1,5H2;/q;;+2/p-2. The van der Waals surface area contributed by atoms with E-state index in [0.717, 1.165) is 35.5 Å². The van der Waals surface area contributed by atoms with E-state index in [1.54, 1.807) is 0 Å². The molecule has 0 aliphatic rings. The Labute approximate surface area is 135 Å². The average Bonchev–Trinajstić information content (AvgIpc) is 2.51. The number of rotatable bonds is 8. The summed E-state index contributed by atoms with van der Waals surface area (Å²) in [5.74, 6) is 1.81. The monoisotopic (exact) mass is 450 g/mol. The number of benzene rings is 2. The molecule has 2 nitrogen and oxygen atoms in total. The summed E-state index contributed by atoms with van der Waals surface area (Å²) in [5, 5.41) is 0. The Morgan fingerprint density at radius 1 is 0.762 bits per heavy atom. The second-order valence-electron chi connectivity index (χ2n) is 4.44. The van der Waals surface area contributed by atoms with Crippen LogP contribution in [0, 0.1) is 0 Å². The maximum absolute atomic E-state index is 5.90. The Kier molecular flexibility index (Phi) is 6.30. The Morgan fingerprint density at radius 2 is 1.19 bits per heavy atom. The summed E-state index contributed by atoms with van der Waals surface area (Å²) in [6.45, 7) is 7.55. The van der Waals surface area contributed by atoms with E-state index in [9.17, 15) is 0 Å². The zero-order valence-corrected chi connectivity index (χ0v) is 14.8. The first kappa shape index (κ1) is 15.6. The predicted molar refractivity (Wildman–Crippen MR) is 81.9 cm³/mol. The zero-order chi connectivity index (χ0) is 14.9. The molecule has 0 unspecified atom stereocenters. The number of hydrogen-bond donors (Lipinski definition) is 0. The Hall–Kier alpha value is -1.79. The number of hydrogen-bond acceptors (Lipinski definition) is 2. The molecule has 0 atom stereocenters. The summed E-state index contributed by atoms with van der Waals surface area (Å²) in [6.07, 6.45) is 5.38. The third kappa shape index (κ3) is 4.61. The van der Waals surface area contributed by atoms with Crippen molar-refractivity contribution in [2.75, 3.05) is 0 Å². The van der Waals surface area contributed by atoms with Crippen molar-refractivity contribution in [2.24, 2.45) is 0 Å². The van der Waals surface area contributed by atoms with E-state index in [1.807, 2.05) is 48.6 Å². The van der Waals surface area contributed by atoms with Crippen LogP contribution in [0.2, 0.25) is 0 Å². The molecule has 0 bridgehead atoms. The normalized spacial score (nSPS) is 9.90. The van der Waals surface area contributed by atoms with Crippen molar-refractivity contribution in [1.29, 1.82) is 0 Å². The van der Waals surface area contributed by atoms with Crippen LogP contribution in [0.15, 0.2) is 73.8 Å². The summed E-state index contributed by atoms with van der Waals surface area (Å²) in [6, 6.07) is 16.1. The van der Waals surface area contributed by atoms with E-state index >= 15 is 0 Å². The van der Waals surface area contributed by atoms with Gasteiger partial charge in [0.2, 0.25) is 0 Å². The van der Waals surface area contributed by atoms with Gasteiger partial charge in [-0.3, -0.25) is 0 Å². The molecular formula is C18H18O2W. The molecular weight excluding hydrogens is 432 g/mol. The fourth-order valence-electron chi connectivity index (χ4n) is 1.91. The van der Waals surface area contributed by atoms with E-state index in [-0.39, 0.29) is 0 Å². The summed E-state index contributed by atoms with van der Waals surface area (Å²) >= 11 is -1.39. The Bertz CT molecular complexity index is 554. The molecule has 0 fully saturated rings. The van der Waals surface area contributed by atoms with Gasteiger partial charge in [-0.1, -0.05) is 0 Å². The second kappa shape index (κ2) is 8.49. The van der Waals surface area contributed by atoms with Gasteiger partial charge in [-0.05, 0) is 0 Å². The summed E-state index contributed by atoms with van der Waals surface area (Å²) in [5.41, 5.74) is 2.30. The third-order valence-corrected chi connectivity index (χ3v) is 4.70. The SMILES string of the molecule is C=CCc1ccccc1[O][W][O]c1ccccc1CC=C. The summed E-state index contributed by atoms with van der Waals surface area (Å²) < 4.78 is 11.8. The van der Waals surface area contributed by atoms with E-state index in [4.69, 9.17) is 6.78 Å². The number of para-hydroxylation sites is 2. The van der Waals surface area contributed by atoms with Crippen LogP contribution < -0.4 is 6.78 Å². The Morgan fingerprint density at radius 3 is 1.62 bits per heavy atom. The molecule has 0 N–H and O–H groups in total. The fraction of sp³-hybridized carbons (Fsp3) is 0.111. The molecule has 0 radical (unpaired) electrons. The van der Waals surface area contributed by atoms with Crippen LogP contribution in [0.5, 0.6) is 11.5 Å². The molecule has 21 heavy (non-hydrogen) atoms. The van der Waals surface area contributed by atoms with Gasteiger partial charge in [0.05, 0.1) is 0 Å². The maximum atomic E-state index is 5.90. The molecule has 2 aromatic carbocycles. The van der Waals surface area contributed by atoms with Crippen LogP contribution in [0.25, 0.3) is 0 Å². The van der Waals surface area contributed by atoms with Gasteiger partial charge in [0.15, 0.2) is 0 Å². The van der Waals surface area contributed by atoms with E-state index < -0.39 is 19.3 Å². The van der Waals surface area contributed by atoms with Gasteiger partial charge in [-0.15, -0.1) is 0 Å². The van der Waals surface area contributed by atoms with Gasteiger partial charge >= 0.3 is 135 Å². The molecule has 0 aliphatic heterocycles. The van der Waals surface area contributed by atoms with Crippen LogP contribution in [0.1, 0.15) is 11.1 Å². The fourth-order valence-corrected chi connectivity index (χ4v) is 3.73. The molecule has 0 aliphatic carbocycles. The first-order valence-corrected chi connectivity index (χ1v) is 9.13. The third-order valence-electron chi connectivity index (χ3n) is 2.92. The van der Waals surface area contributed by atoms with Crippen molar-refractivity contribution in [3.05, 3.63) is 85.0 Å². The molecule has 3 heteroatoms. The molecule has 0 saturated carbocycles. The van der Waals surface area contributed by atoms with Crippen LogP contribution >= 0.6 is 0 Å². The molecule has 108 valence electrons. The van der Waals surface area contributed by atoms with E-state index in [1.165, 1.54) is 0 Å². The van der Waals surface area contributed by atoms with Gasteiger partial charge in [0.25, 0.3) is 0 Å². The zero-order valence-electron chi connectivity index (χ0n) is 11.8. The van der Waals surface area contributed by atoms with Crippen LogP contribution in [0.3, 0.4) is 0 Å². The van der Waals surface area contributed by atoms with Crippen molar-refractivity contribution in [3.63, 3.8) is 0 Å². The first-order valence-electron chi connectivity index (χ1n) is 6.74. The van der Waals surface area contributed by atoms with Gasteiger partial charge in [-0.2, -0.15) is 0 Å². The Balaban J connectivity index is 1.98. The van der Waals surface area contributed by atoms with E-state index in [2.05, 4.69) is 25.3 Å². The molecule has 2 aromatic rings. The average molecular weight is 450 g/mol. The van der Waals surface area contributed by atoms with E-state index in [0.29, 0.717) is 0 Å². The van der Waals surface area contributed by atoms with Crippen molar-refractivity contribution in [3.8, 4) is 11.5 Å². The minimum atomic E-state index is -1.39. The first-order chi connectivity index (χ1) is 10.3. The topological polar surface area (TPSA) is 18.5 Å². The van der Waals surface area contributed by atoms with Crippen LogP contribution in [-0.2, 0) is 32.2 Å². The van der Waals surface area contributed by atoms with Gasteiger partial charge in [0, 0.05) is 0 Å². The summed E-state index contributed by atoms with van der Waals surface area (Å²) in [7, 11) is 0. The molecule has 0 spiro atoms. The van der Waals surface area contributed by atoms with Gasteiger partial charge in [-0.25, -0.2) is 0 Å². The predicted octanol–water partition coefficient (Wildman–Crippen LogP) is 4.51. The molecule has 0 heterocycles.